The minimum atomic E-state index is -2.82. The molecule has 1 aliphatic rings. The molecule has 0 radical (unpaired) electrons. The van der Waals surface area contributed by atoms with Crippen LogP contribution in [0.15, 0.2) is 12.3 Å². The Labute approximate surface area is 120 Å². The molecule has 0 aliphatic carbocycles. The van der Waals surface area contributed by atoms with Gasteiger partial charge in [-0.15, -0.1) is 0 Å². The molecule has 0 saturated carbocycles. The third kappa shape index (κ3) is 4.04. The van der Waals surface area contributed by atoms with E-state index in [9.17, 15) is 8.42 Å². The molecule has 2 heterocycles. The van der Waals surface area contributed by atoms with E-state index in [1.807, 2.05) is 16.9 Å². The summed E-state index contributed by atoms with van der Waals surface area (Å²) in [7, 11) is -2.82. The maximum absolute atomic E-state index is 11.5. The van der Waals surface area contributed by atoms with E-state index in [4.69, 9.17) is 5.84 Å². The van der Waals surface area contributed by atoms with Crippen molar-refractivity contribution >= 4 is 9.84 Å². The highest BCUT2D eigenvalue weighted by Gasteiger charge is 2.29. The maximum Gasteiger partial charge on any atom is 0.150 e. The number of nitrogens with one attached hydrogen (secondary N) is 1. The van der Waals surface area contributed by atoms with Crippen molar-refractivity contribution in [1.29, 1.82) is 0 Å². The van der Waals surface area contributed by atoms with Gasteiger partial charge in [0.1, 0.15) is 0 Å². The molecular weight excluding hydrogens is 276 g/mol. The van der Waals surface area contributed by atoms with Gasteiger partial charge < -0.3 is 0 Å². The van der Waals surface area contributed by atoms with Crippen LogP contribution in [0, 0.1) is 5.92 Å². The maximum atomic E-state index is 11.5. The Kier molecular flexibility index (Phi) is 4.82. The van der Waals surface area contributed by atoms with Gasteiger partial charge in [-0.3, -0.25) is 16.0 Å². The summed E-state index contributed by atoms with van der Waals surface area (Å²) in [5, 5.41) is 4.50. The predicted molar refractivity (Wildman–Crippen MR) is 78.8 cm³/mol. The number of hydrazine groups is 1. The molecule has 7 heteroatoms. The van der Waals surface area contributed by atoms with Crippen LogP contribution in [0.1, 0.15) is 38.4 Å². The molecule has 3 N–H and O–H groups in total. The standard InChI is InChI=1S/C13H24N4O2S/c1-10(2)17-5-3-12(16-17)8-13(15-14)7-11-4-6-20(18,19)9-11/h3,5,10-11,13,15H,4,6-9,14H2,1-2H3. The SMILES string of the molecule is CC(C)n1ccc(CC(CC2CCS(=O)(=O)C2)NN)n1. The first-order valence-corrected chi connectivity index (χ1v) is 8.92. The highest BCUT2D eigenvalue weighted by Crippen LogP contribution is 2.23. The molecule has 114 valence electrons. The van der Waals surface area contributed by atoms with Crippen molar-refractivity contribution in [2.75, 3.05) is 11.5 Å². The fourth-order valence-corrected chi connectivity index (χ4v) is 4.58. The third-order valence-electron chi connectivity index (χ3n) is 3.83. The van der Waals surface area contributed by atoms with Crippen LogP contribution in [0.3, 0.4) is 0 Å². The molecule has 20 heavy (non-hydrogen) atoms. The van der Waals surface area contributed by atoms with Crippen LogP contribution in [0.5, 0.6) is 0 Å². The van der Waals surface area contributed by atoms with Gasteiger partial charge in [0.15, 0.2) is 9.84 Å². The third-order valence-corrected chi connectivity index (χ3v) is 5.67. The average Bonchev–Trinajstić information content (AvgIpc) is 2.95. The van der Waals surface area contributed by atoms with Crippen molar-refractivity contribution in [3.63, 3.8) is 0 Å². The lowest BCUT2D eigenvalue weighted by molar-refractivity contribution is 0.403. The highest BCUT2D eigenvalue weighted by atomic mass is 32.2. The Morgan fingerprint density at radius 3 is 2.80 bits per heavy atom. The minimum Gasteiger partial charge on any atom is -0.271 e. The molecule has 0 amide bonds. The Balaban J connectivity index is 1.92. The van der Waals surface area contributed by atoms with Crippen molar-refractivity contribution in [3.8, 4) is 0 Å². The molecule has 6 nitrogen and oxygen atoms in total. The van der Waals surface area contributed by atoms with Crippen molar-refractivity contribution in [2.45, 2.75) is 45.2 Å². The van der Waals surface area contributed by atoms with Gasteiger partial charge in [-0.1, -0.05) is 0 Å². The van der Waals surface area contributed by atoms with Crippen LogP contribution >= 0.6 is 0 Å². The van der Waals surface area contributed by atoms with E-state index in [0.717, 1.165) is 25.0 Å². The van der Waals surface area contributed by atoms with Crippen LogP contribution in [0.4, 0.5) is 0 Å². The van der Waals surface area contributed by atoms with Crippen LogP contribution in [-0.2, 0) is 16.3 Å². The summed E-state index contributed by atoms with van der Waals surface area (Å²) in [6.45, 7) is 4.16. The number of rotatable bonds is 6. The molecular formula is C13H24N4O2S. The number of hydrogen-bond donors (Lipinski definition) is 2. The van der Waals surface area contributed by atoms with E-state index in [-0.39, 0.29) is 12.0 Å². The van der Waals surface area contributed by atoms with E-state index in [0.29, 0.717) is 17.5 Å². The zero-order valence-corrected chi connectivity index (χ0v) is 12.9. The van der Waals surface area contributed by atoms with Crippen molar-refractivity contribution in [2.24, 2.45) is 11.8 Å². The van der Waals surface area contributed by atoms with Crippen LogP contribution < -0.4 is 11.3 Å². The first-order valence-electron chi connectivity index (χ1n) is 7.10. The molecule has 2 unspecified atom stereocenters. The number of aromatic nitrogens is 2. The molecule has 0 spiro atoms. The summed E-state index contributed by atoms with van der Waals surface area (Å²) in [5.74, 6) is 6.43. The molecule has 1 aromatic rings. The quantitative estimate of drug-likeness (QED) is 0.595. The summed E-state index contributed by atoms with van der Waals surface area (Å²) < 4.78 is 24.9. The van der Waals surface area contributed by atoms with Gasteiger partial charge in [0.2, 0.25) is 0 Å². The number of nitrogens with two attached hydrogens (primary N) is 1. The topological polar surface area (TPSA) is 90.0 Å². The Hall–Kier alpha value is -0.920. The summed E-state index contributed by atoms with van der Waals surface area (Å²) >= 11 is 0. The van der Waals surface area contributed by atoms with Gasteiger partial charge in [-0.2, -0.15) is 5.10 Å². The van der Waals surface area contributed by atoms with Gasteiger partial charge in [-0.05, 0) is 38.7 Å². The van der Waals surface area contributed by atoms with Gasteiger partial charge >= 0.3 is 0 Å². The largest absolute Gasteiger partial charge is 0.271 e. The summed E-state index contributed by atoms with van der Waals surface area (Å²) in [5.41, 5.74) is 3.79. The molecule has 0 aromatic carbocycles. The molecule has 1 aliphatic heterocycles. The second-order valence-corrected chi connectivity index (χ2v) is 8.18. The van der Waals surface area contributed by atoms with Crippen LogP contribution in [0.25, 0.3) is 0 Å². The van der Waals surface area contributed by atoms with Crippen molar-refractivity contribution < 1.29 is 8.42 Å². The lowest BCUT2D eigenvalue weighted by Crippen LogP contribution is -2.38. The highest BCUT2D eigenvalue weighted by molar-refractivity contribution is 7.91. The molecule has 1 saturated heterocycles. The number of sulfone groups is 1. The van der Waals surface area contributed by atoms with E-state index < -0.39 is 9.84 Å². The Bertz CT molecular complexity index is 538. The van der Waals surface area contributed by atoms with Gasteiger partial charge in [-0.25, -0.2) is 8.42 Å². The minimum absolute atomic E-state index is 0.0730. The average molecular weight is 300 g/mol. The summed E-state index contributed by atoms with van der Waals surface area (Å²) in [6, 6.07) is 2.41. The van der Waals surface area contributed by atoms with E-state index in [1.165, 1.54) is 0 Å². The zero-order valence-electron chi connectivity index (χ0n) is 12.1. The Morgan fingerprint density at radius 2 is 2.30 bits per heavy atom. The fraction of sp³-hybridized carbons (Fsp3) is 0.769. The van der Waals surface area contributed by atoms with Crippen molar-refractivity contribution in [3.05, 3.63) is 18.0 Å². The molecule has 2 atom stereocenters. The fourth-order valence-electron chi connectivity index (χ4n) is 2.70. The number of hydrogen-bond acceptors (Lipinski definition) is 5. The van der Waals surface area contributed by atoms with E-state index in [1.54, 1.807) is 0 Å². The lowest BCUT2D eigenvalue weighted by atomic mass is 9.97. The molecule has 1 aromatic heterocycles. The monoisotopic (exact) mass is 300 g/mol. The van der Waals surface area contributed by atoms with E-state index >= 15 is 0 Å². The smallest absolute Gasteiger partial charge is 0.150 e. The first-order chi connectivity index (χ1) is 9.39. The lowest BCUT2D eigenvalue weighted by Gasteiger charge is -2.18. The molecule has 2 rings (SSSR count). The van der Waals surface area contributed by atoms with Crippen LogP contribution in [0.2, 0.25) is 0 Å². The number of nitrogens with zero attached hydrogens (tertiary/aromatic N) is 2. The van der Waals surface area contributed by atoms with Crippen molar-refractivity contribution in [1.82, 2.24) is 15.2 Å². The van der Waals surface area contributed by atoms with E-state index in [2.05, 4.69) is 24.4 Å². The predicted octanol–water partition coefficient (Wildman–Crippen LogP) is 0.663. The van der Waals surface area contributed by atoms with Gasteiger partial charge in [0.25, 0.3) is 0 Å². The van der Waals surface area contributed by atoms with Gasteiger partial charge in [0.05, 0.1) is 17.2 Å². The normalized spacial score (nSPS) is 23.3. The second-order valence-electron chi connectivity index (χ2n) is 5.95. The molecule has 1 fully saturated rings. The van der Waals surface area contributed by atoms with Gasteiger partial charge in [0, 0.05) is 24.7 Å². The summed E-state index contributed by atoms with van der Waals surface area (Å²) in [4.78, 5) is 0. The zero-order chi connectivity index (χ0) is 14.8. The summed E-state index contributed by atoms with van der Waals surface area (Å²) in [6.07, 6.45) is 4.23. The first kappa shape index (κ1) is 15.5. The Morgan fingerprint density at radius 1 is 1.55 bits per heavy atom. The van der Waals surface area contributed by atoms with Crippen LogP contribution in [-0.4, -0.2) is 35.7 Å². The second kappa shape index (κ2) is 6.24. The molecule has 0 bridgehead atoms.